The molecule has 100 valence electrons. The van der Waals surface area contributed by atoms with Crippen molar-refractivity contribution in [2.45, 2.75) is 6.54 Å². The lowest BCUT2D eigenvalue weighted by atomic mass is 10.1. The molecule has 0 saturated heterocycles. The highest BCUT2D eigenvalue weighted by Gasteiger charge is 2.12. The molecule has 0 fully saturated rings. The van der Waals surface area contributed by atoms with Crippen molar-refractivity contribution >= 4 is 17.4 Å². The summed E-state index contributed by atoms with van der Waals surface area (Å²) in [7, 11) is 0. The number of nitrogens with two attached hydrogens (primary N) is 1. The zero-order chi connectivity index (χ0) is 13.9. The molecule has 0 amide bonds. The van der Waals surface area contributed by atoms with Crippen molar-refractivity contribution in [2.24, 2.45) is 0 Å². The first-order chi connectivity index (χ1) is 9.75. The third-order valence-electron chi connectivity index (χ3n) is 3.10. The van der Waals surface area contributed by atoms with Crippen LogP contribution in [-0.2, 0) is 6.54 Å². The van der Waals surface area contributed by atoms with E-state index in [2.05, 4.69) is 10.3 Å². The Kier molecular flexibility index (Phi) is 3.39. The van der Waals surface area contributed by atoms with Crippen molar-refractivity contribution in [3.8, 4) is 11.3 Å². The number of anilines is 1. The van der Waals surface area contributed by atoms with E-state index in [-0.39, 0.29) is 0 Å². The maximum atomic E-state index is 6.15. The fraction of sp³-hybridized carbons (Fsp3) is 0.0667. The summed E-state index contributed by atoms with van der Waals surface area (Å²) in [6, 6.07) is 17.4. The molecule has 4 nitrogen and oxygen atoms in total. The van der Waals surface area contributed by atoms with Crippen molar-refractivity contribution in [1.82, 2.24) is 15.0 Å². The molecule has 0 aliphatic heterocycles. The van der Waals surface area contributed by atoms with Crippen molar-refractivity contribution in [3.05, 3.63) is 65.2 Å². The van der Waals surface area contributed by atoms with Crippen LogP contribution in [0.25, 0.3) is 11.3 Å². The van der Waals surface area contributed by atoms with E-state index < -0.39 is 0 Å². The molecular formula is C15H13ClN4. The Morgan fingerprint density at radius 1 is 1.00 bits per heavy atom. The number of nitrogens with zero attached hydrogens (tertiary/aromatic N) is 3. The van der Waals surface area contributed by atoms with E-state index in [1.165, 1.54) is 0 Å². The summed E-state index contributed by atoms with van der Waals surface area (Å²) in [6.07, 6.45) is 0. The molecule has 1 heterocycles. The number of hydrogen-bond acceptors (Lipinski definition) is 3. The number of rotatable bonds is 3. The third kappa shape index (κ3) is 2.38. The van der Waals surface area contributed by atoms with Gasteiger partial charge < -0.3 is 5.73 Å². The lowest BCUT2D eigenvalue weighted by molar-refractivity contribution is 0.658. The first-order valence-corrected chi connectivity index (χ1v) is 6.61. The Labute approximate surface area is 121 Å². The van der Waals surface area contributed by atoms with Gasteiger partial charge in [0, 0.05) is 10.6 Å². The Morgan fingerprint density at radius 3 is 2.45 bits per heavy atom. The van der Waals surface area contributed by atoms with Crippen molar-refractivity contribution in [2.75, 3.05) is 5.73 Å². The molecule has 0 aliphatic rings. The Balaban J connectivity index is 1.94. The molecule has 3 aromatic rings. The maximum absolute atomic E-state index is 6.15. The van der Waals surface area contributed by atoms with Gasteiger partial charge in [0.25, 0.3) is 0 Å². The highest BCUT2D eigenvalue weighted by atomic mass is 35.5. The largest absolute Gasteiger partial charge is 0.382 e. The maximum Gasteiger partial charge on any atom is 0.150 e. The predicted molar refractivity (Wildman–Crippen MR) is 80.4 cm³/mol. The van der Waals surface area contributed by atoms with E-state index >= 15 is 0 Å². The van der Waals surface area contributed by atoms with E-state index in [1.54, 1.807) is 4.68 Å². The second-order valence-electron chi connectivity index (χ2n) is 4.44. The molecule has 3 rings (SSSR count). The van der Waals surface area contributed by atoms with E-state index in [4.69, 9.17) is 17.3 Å². The summed E-state index contributed by atoms with van der Waals surface area (Å²) in [5, 5.41) is 8.97. The Bertz CT molecular complexity index is 722. The molecule has 1 aromatic heterocycles. The lowest BCUT2D eigenvalue weighted by Gasteiger charge is -2.05. The van der Waals surface area contributed by atoms with Gasteiger partial charge in [-0.1, -0.05) is 65.3 Å². The summed E-state index contributed by atoms with van der Waals surface area (Å²) in [5.74, 6) is 0.538. The molecule has 2 N–H and O–H groups in total. The van der Waals surface area contributed by atoms with Gasteiger partial charge in [0.15, 0.2) is 5.82 Å². The summed E-state index contributed by atoms with van der Waals surface area (Å²) < 4.78 is 1.66. The number of nitrogen functional groups attached to an aromatic ring is 1. The van der Waals surface area contributed by atoms with Crippen molar-refractivity contribution in [3.63, 3.8) is 0 Å². The zero-order valence-electron chi connectivity index (χ0n) is 10.7. The van der Waals surface area contributed by atoms with Gasteiger partial charge in [-0.15, -0.1) is 5.10 Å². The molecule has 0 unspecified atom stereocenters. The minimum atomic E-state index is 0.505. The van der Waals surface area contributed by atoms with Gasteiger partial charge >= 0.3 is 0 Å². The molecule has 0 spiro atoms. The average Bonchev–Trinajstić information content (AvgIpc) is 2.84. The zero-order valence-corrected chi connectivity index (χ0v) is 11.5. The van der Waals surface area contributed by atoms with Gasteiger partial charge in [-0.2, -0.15) is 0 Å². The number of aromatic nitrogens is 3. The summed E-state index contributed by atoms with van der Waals surface area (Å²) in [4.78, 5) is 0. The van der Waals surface area contributed by atoms with Crippen LogP contribution < -0.4 is 5.73 Å². The Hall–Kier alpha value is -2.33. The van der Waals surface area contributed by atoms with E-state index in [0.717, 1.165) is 11.1 Å². The van der Waals surface area contributed by atoms with Crippen molar-refractivity contribution < 1.29 is 0 Å². The molecule has 0 radical (unpaired) electrons. The number of benzene rings is 2. The molecular weight excluding hydrogens is 272 g/mol. The van der Waals surface area contributed by atoms with Crippen molar-refractivity contribution in [1.29, 1.82) is 0 Å². The molecule has 5 heteroatoms. The predicted octanol–water partition coefficient (Wildman–Crippen LogP) is 3.23. The van der Waals surface area contributed by atoms with Crippen LogP contribution in [0.3, 0.4) is 0 Å². The number of halogens is 1. The minimum Gasteiger partial charge on any atom is -0.382 e. The second-order valence-corrected chi connectivity index (χ2v) is 4.85. The second kappa shape index (κ2) is 5.35. The van der Waals surface area contributed by atoms with Gasteiger partial charge in [0.05, 0.1) is 6.54 Å². The monoisotopic (exact) mass is 284 g/mol. The highest BCUT2D eigenvalue weighted by Crippen LogP contribution is 2.24. The fourth-order valence-electron chi connectivity index (χ4n) is 2.03. The standard InChI is InChI=1S/C15H13ClN4/c16-13-9-5-4-8-12(13)10-20-15(17)14(18-19-20)11-6-2-1-3-7-11/h1-9H,10,17H2. The van der Waals surface area contributed by atoms with Gasteiger partial charge in [-0.3, -0.25) is 0 Å². The molecule has 0 saturated carbocycles. The van der Waals surface area contributed by atoms with Crippen LogP contribution in [-0.4, -0.2) is 15.0 Å². The first-order valence-electron chi connectivity index (χ1n) is 6.23. The first kappa shape index (κ1) is 12.7. The SMILES string of the molecule is Nc1c(-c2ccccc2)nnn1Cc1ccccc1Cl. The quantitative estimate of drug-likeness (QED) is 0.803. The summed E-state index contributed by atoms with van der Waals surface area (Å²) >= 11 is 6.15. The van der Waals surface area contributed by atoms with Crippen LogP contribution in [0.1, 0.15) is 5.56 Å². The molecule has 0 atom stereocenters. The smallest absolute Gasteiger partial charge is 0.150 e. The molecule has 20 heavy (non-hydrogen) atoms. The van der Waals surface area contributed by atoms with E-state index in [1.807, 2.05) is 54.6 Å². The summed E-state index contributed by atoms with van der Waals surface area (Å²) in [6.45, 7) is 0.505. The van der Waals surface area contributed by atoms with E-state index in [9.17, 15) is 0 Å². The minimum absolute atomic E-state index is 0.505. The Morgan fingerprint density at radius 2 is 1.70 bits per heavy atom. The van der Waals surface area contributed by atoms with Gasteiger partial charge in [-0.25, -0.2) is 4.68 Å². The van der Waals surface area contributed by atoms with Crippen LogP contribution >= 0.6 is 11.6 Å². The average molecular weight is 285 g/mol. The molecule has 0 aliphatic carbocycles. The molecule has 0 bridgehead atoms. The van der Waals surface area contributed by atoms with Gasteiger partial charge in [-0.05, 0) is 11.6 Å². The van der Waals surface area contributed by atoms with Crippen LogP contribution in [0, 0.1) is 0 Å². The topological polar surface area (TPSA) is 56.7 Å². The van der Waals surface area contributed by atoms with Crippen LogP contribution in [0.5, 0.6) is 0 Å². The third-order valence-corrected chi connectivity index (χ3v) is 3.47. The van der Waals surface area contributed by atoms with Gasteiger partial charge in [0.2, 0.25) is 0 Å². The van der Waals surface area contributed by atoms with Crippen LogP contribution in [0.15, 0.2) is 54.6 Å². The lowest BCUT2D eigenvalue weighted by Crippen LogP contribution is -2.06. The van der Waals surface area contributed by atoms with E-state index in [0.29, 0.717) is 23.1 Å². The molecule has 2 aromatic carbocycles. The van der Waals surface area contributed by atoms with Crippen LogP contribution in [0.4, 0.5) is 5.82 Å². The normalized spacial score (nSPS) is 10.7. The van der Waals surface area contributed by atoms with Gasteiger partial charge in [0.1, 0.15) is 5.69 Å². The number of hydrogen-bond donors (Lipinski definition) is 1. The fourth-order valence-corrected chi connectivity index (χ4v) is 2.22. The highest BCUT2D eigenvalue weighted by molar-refractivity contribution is 6.31. The summed E-state index contributed by atoms with van der Waals surface area (Å²) in [5.41, 5.74) is 8.74. The van der Waals surface area contributed by atoms with Crippen LogP contribution in [0.2, 0.25) is 5.02 Å².